The number of thiazole rings is 1. The van der Waals surface area contributed by atoms with Crippen LogP contribution >= 0.6 is 11.3 Å². The Morgan fingerprint density at radius 1 is 1.32 bits per heavy atom. The third-order valence-corrected chi connectivity index (χ3v) is 3.32. The number of aromatic nitrogens is 1. The van der Waals surface area contributed by atoms with Crippen LogP contribution < -0.4 is 10.6 Å². The van der Waals surface area contributed by atoms with Crippen LogP contribution in [0, 0.1) is 0 Å². The van der Waals surface area contributed by atoms with E-state index in [1.807, 2.05) is 36.6 Å². The molecule has 2 rings (SSSR count). The molecular formula is C14H17N3OS. The van der Waals surface area contributed by atoms with Crippen molar-refractivity contribution in [2.75, 3.05) is 10.6 Å². The first-order valence-corrected chi connectivity index (χ1v) is 7.18. The van der Waals surface area contributed by atoms with Crippen LogP contribution in [0.2, 0.25) is 0 Å². The van der Waals surface area contributed by atoms with Crippen molar-refractivity contribution in [1.82, 2.24) is 4.98 Å². The lowest BCUT2D eigenvalue weighted by atomic mass is 10.2. The molecule has 0 saturated carbocycles. The first-order valence-electron chi connectivity index (χ1n) is 6.30. The molecule has 0 saturated heterocycles. The number of hydrogen-bond donors (Lipinski definition) is 2. The third-order valence-electron chi connectivity index (χ3n) is 2.59. The quantitative estimate of drug-likeness (QED) is 0.848. The second-order valence-corrected chi connectivity index (χ2v) is 5.08. The summed E-state index contributed by atoms with van der Waals surface area (Å²) in [5.74, 6) is 0.0659. The number of nitrogens with zero attached hydrogens (tertiary/aromatic N) is 1. The summed E-state index contributed by atoms with van der Waals surface area (Å²) < 4.78 is 0. The highest BCUT2D eigenvalue weighted by molar-refractivity contribution is 7.13. The van der Waals surface area contributed by atoms with Gasteiger partial charge in [0.15, 0.2) is 5.13 Å². The highest BCUT2D eigenvalue weighted by Crippen LogP contribution is 2.14. The SMILES string of the molecule is CCCC(=O)Nc1ccc(CNc2nccs2)cc1. The molecule has 2 N–H and O–H groups in total. The number of amides is 1. The molecule has 1 aromatic heterocycles. The maximum absolute atomic E-state index is 11.4. The molecule has 0 aliphatic rings. The Hall–Kier alpha value is -1.88. The van der Waals surface area contributed by atoms with Gasteiger partial charge in [-0.2, -0.15) is 0 Å². The zero-order valence-corrected chi connectivity index (χ0v) is 11.7. The minimum atomic E-state index is 0.0659. The van der Waals surface area contributed by atoms with Crippen LogP contribution in [0.4, 0.5) is 10.8 Å². The van der Waals surface area contributed by atoms with E-state index in [9.17, 15) is 4.79 Å². The minimum Gasteiger partial charge on any atom is -0.357 e. The second-order valence-electron chi connectivity index (χ2n) is 4.19. The monoisotopic (exact) mass is 275 g/mol. The van der Waals surface area contributed by atoms with E-state index in [0.29, 0.717) is 6.42 Å². The van der Waals surface area contributed by atoms with Crippen molar-refractivity contribution in [3.8, 4) is 0 Å². The Labute approximate surface area is 116 Å². The Balaban J connectivity index is 1.85. The average molecular weight is 275 g/mol. The van der Waals surface area contributed by atoms with E-state index in [4.69, 9.17) is 0 Å². The fourth-order valence-corrected chi connectivity index (χ4v) is 2.17. The van der Waals surface area contributed by atoms with Crippen LogP contribution in [-0.4, -0.2) is 10.9 Å². The van der Waals surface area contributed by atoms with E-state index in [1.165, 1.54) is 0 Å². The Morgan fingerprint density at radius 2 is 2.11 bits per heavy atom. The molecule has 0 spiro atoms. The summed E-state index contributed by atoms with van der Waals surface area (Å²) in [7, 11) is 0. The molecule has 0 aliphatic carbocycles. The summed E-state index contributed by atoms with van der Waals surface area (Å²) in [6.45, 7) is 2.73. The van der Waals surface area contributed by atoms with Crippen LogP contribution in [0.3, 0.4) is 0 Å². The maximum Gasteiger partial charge on any atom is 0.224 e. The van der Waals surface area contributed by atoms with Crippen molar-refractivity contribution in [2.24, 2.45) is 0 Å². The second kappa shape index (κ2) is 6.89. The molecule has 0 fully saturated rings. The van der Waals surface area contributed by atoms with Gasteiger partial charge in [0.25, 0.3) is 0 Å². The molecule has 1 amide bonds. The zero-order valence-electron chi connectivity index (χ0n) is 10.8. The van der Waals surface area contributed by atoms with E-state index in [2.05, 4.69) is 15.6 Å². The lowest BCUT2D eigenvalue weighted by Gasteiger charge is -2.06. The molecule has 0 radical (unpaired) electrons. The first kappa shape index (κ1) is 13.5. The van der Waals surface area contributed by atoms with E-state index < -0.39 is 0 Å². The lowest BCUT2D eigenvalue weighted by Crippen LogP contribution is -2.10. The molecule has 0 atom stereocenters. The standard InChI is InChI=1S/C14H17N3OS/c1-2-3-13(18)17-12-6-4-11(5-7-12)10-16-14-15-8-9-19-14/h4-9H,2-3,10H2,1H3,(H,15,16)(H,17,18). The fourth-order valence-electron chi connectivity index (χ4n) is 1.64. The molecular weight excluding hydrogens is 258 g/mol. The van der Waals surface area contributed by atoms with Crippen LogP contribution in [0.1, 0.15) is 25.3 Å². The number of benzene rings is 1. The molecule has 100 valence electrons. The van der Waals surface area contributed by atoms with Gasteiger partial charge in [-0.05, 0) is 24.1 Å². The predicted molar refractivity (Wildman–Crippen MR) is 79.4 cm³/mol. The Morgan fingerprint density at radius 3 is 2.74 bits per heavy atom. The number of rotatable bonds is 6. The molecule has 0 bridgehead atoms. The van der Waals surface area contributed by atoms with Crippen LogP contribution in [0.5, 0.6) is 0 Å². The van der Waals surface area contributed by atoms with E-state index >= 15 is 0 Å². The van der Waals surface area contributed by atoms with E-state index in [1.54, 1.807) is 17.5 Å². The van der Waals surface area contributed by atoms with Gasteiger partial charge < -0.3 is 10.6 Å². The largest absolute Gasteiger partial charge is 0.357 e. The molecule has 0 aliphatic heterocycles. The number of carbonyl (C=O) groups is 1. The summed E-state index contributed by atoms with van der Waals surface area (Å²) in [5, 5.41) is 8.97. The predicted octanol–water partition coefficient (Wildman–Crippen LogP) is 3.49. The average Bonchev–Trinajstić information content (AvgIpc) is 2.91. The molecule has 5 heteroatoms. The number of carbonyl (C=O) groups excluding carboxylic acids is 1. The number of anilines is 2. The number of nitrogens with one attached hydrogen (secondary N) is 2. The summed E-state index contributed by atoms with van der Waals surface area (Å²) in [6.07, 6.45) is 3.20. The van der Waals surface area contributed by atoms with Crippen LogP contribution in [0.15, 0.2) is 35.8 Å². The smallest absolute Gasteiger partial charge is 0.224 e. The normalized spacial score (nSPS) is 10.2. The van der Waals surface area contributed by atoms with Gasteiger partial charge in [-0.15, -0.1) is 11.3 Å². The minimum absolute atomic E-state index is 0.0659. The van der Waals surface area contributed by atoms with Gasteiger partial charge in [0, 0.05) is 30.2 Å². The van der Waals surface area contributed by atoms with Gasteiger partial charge in [0.1, 0.15) is 0 Å². The van der Waals surface area contributed by atoms with Crippen LogP contribution in [-0.2, 0) is 11.3 Å². The third kappa shape index (κ3) is 4.37. The van der Waals surface area contributed by atoms with Crippen LogP contribution in [0.25, 0.3) is 0 Å². The van der Waals surface area contributed by atoms with Gasteiger partial charge in [-0.3, -0.25) is 4.79 Å². The van der Waals surface area contributed by atoms with Gasteiger partial charge >= 0.3 is 0 Å². The van der Waals surface area contributed by atoms with Crippen molar-refractivity contribution in [3.63, 3.8) is 0 Å². The van der Waals surface area contributed by atoms with Gasteiger partial charge in [0.05, 0.1) is 0 Å². The van der Waals surface area contributed by atoms with Gasteiger partial charge in [-0.1, -0.05) is 19.1 Å². The molecule has 1 aromatic carbocycles. The summed E-state index contributed by atoms with van der Waals surface area (Å²) in [5.41, 5.74) is 2.00. The Kier molecular flexibility index (Phi) is 4.92. The Bertz CT molecular complexity index is 508. The highest BCUT2D eigenvalue weighted by atomic mass is 32.1. The molecule has 19 heavy (non-hydrogen) atoms. The van der Waals surface area contributed by atoms with Crippen molar-refractivity contribution < 1.29 is 4.79 Å². The van der Waals surface area contributed by atoms with Gasteiger partial charge in [-0.25, -0.2) is 4.98 Å². The fraction of sp³-hybridized carbons (Fsp3) is 0.286. The van der Waals surface area contributed by atoms with Crippen molar-refractivity contribution in [2.45, 2.75) is 26.3 Å². The molecule has 2 aromatic rings. The summed E-state index contributed by atoms with van der Waals surface area (Å²) in [4.78, 5) is 15.6. The zero-order chi connectivity index (χ0) is 13.5. The molecule has 4 nitrogen and oxygen atoms in total. The van der Waals surface area contributed by atoms with E-state index in [-0.39, 0.29) is 5.91 Å². The van der Waals surface area contributed by atoms with E-state index in [0.717, 1.165) is 29.3 Å². The topological polar surface area (TPSA) is 54.0 Å². The van der Waals surface area contributed by atoms with Gasteiger partial charge in [0.2, 0.25) is 5.91 Å². The highest BCUT2D eigenvalue weighted by Gasteiger charge is 2.01. The summed E-state index contributed by atoms with van der Waals surface area (Å²) >= 11 is 1.58. The number of hydrogen-bond acceptors (Lipinski definition) is 4. The first-order chi connectivity index (χ1) is 9.28. The maximum atomic E-state index is 11.4. The van der Waals surface area contributed by atoms with Crippen molar-refractivity contribution in [1.29, 1.82) is 0 Å². The van der Waals surface area contributed by atoms with Crippen molar-refractivity contribution in [3.05, 3.63) is 41.4 Å². The van der Waals surface area contributed by atoms with Crippen molar-refractivity contribution >= 4 is 28.1 Å². The molecule has 1 heterocycles. The summed E-state index contributed by atoms with van der Waals surface area (Å²) in [6, 6.07) is 7.85. The molecule has 0 unspecified atom stereocenters. The lowest BCUT2D eigenvalue weighted by molar-refractivity contribution is -0.116.